The van der Waals surface area contributed by atoms with Gasteiger partial charge in [0.1, 0.15) is 0 Å². The van der Waals surface area contributed by atoms with Crippen LogP contribution in [0.4, 0.5) is 5.69 Å². The van der Waals surface area contributed by atoms with Gasteiger partial charge < -0.3 is 11.1 Å². The van der Waals surface area contributed by atoms with Gasteiger partial charge in [-0.05, 0) is 31.5 Å². The molecule has 6 heteroatoms. The summed E-state index contributed by atoms with van der Waals surface area (Å²) in [5, 5.41) is 18.1. The highest BCUT2D eigenvalue weighted by molar-refractivity contribution is 5.97. The van der Waals surface area contributed by atoms with Crippen LogP contribution in [0.15, 0.2) is 24.3 Å². The first-order valence-electron chi connectivity index (χ1n) is 6.14. The van der Waals surface area contributed by atoms with Gasteiger partial charge >= 0.3 is 0 Å². The molecule has 1 aromatic carbocycles. The molecule has 1 amide bonds. The Labute approximate surface area is 116 Å². The second kappa shape index (κ2) is 5.45. The van der Waals surface area contributed by atoms with E-state index in [9.17, 15) is 4.79 Å². The van der Waals surface area contributed by atoms with Crippen LogP contribution in [0.1, 0.15) is 40.3 Å². The zero-order valence-electron chi connectivity index (χ0n) is 11.3. The number of carbonyl (C=O) groups excluding carboxylic acids is 1. The summed E-state index contributed by atoms with van der Waals surface area (Å²) in [6.07, 6.45) is 0. The Balaban J connectivity index is 2.11. The van der Waals surface area contributed by atoms with Gasteiger partial charge in [0.25, 0.3) is 5.91 Å². The van der Waals surface area contributed by atoms with Crippen molar-refractivity contribution in [2.45, 2.75) is 19.9 Å². The summed E-state index contributed by atoms with van der Waals surface area (Å²) in [5.41, 5.74) is 8.47. The number of hydrogen-bond donors (Lipinski definition) is 3. The van der Waals surface area contributed by atoms with E-state index >= 15 is 0 Å². The lowest BCUT2D eigenvalue weighted by molar-refractivity contribution is 0.0935. The molecule has 4 N–H and O–H groups in total. The van der Waals surface area contributed by atoms with Gasteiger partial charge in [-0.1, -0.05) is 12.1 Å². The molecule has 1 heterocycles. The van der Waals surface area contributed by atoms with Gasteiger partial charge in [0.2, 0.25) is 0 Å². The largest absolute Gasteiger partial charge is 0.395 e. The van der Waals surface area contributed by atoms with Crippen molar-refractivity contribution in [3.8, 4) is 6.07 Å². The molecule has 0 aliphatic carbocycles. The topological polar surface area (TPSA) is 108 Å². The average Bonchev–Trinajstić information content (AvgIpc) is 2.79. The number of amides is 1. The van der Waals surface area contributed by atoms with E-state index in [1.807, 2.05) is 19.1 Å². The van der Waals surface area contributed by atoms with Crippen LogP contribution in [0.3, 0.4) is 0 Å². The molecule has 0 spiro atoms. The lowest BCUT2D eigenvalue weighted by Gasteiger charge is -2.13. The van der Waals surface area contributed by atoms with Crippen molar-refractivity contribution in [3.05, 3.63) is 46.8 Å². The van der Waals surface area contributed by atoms with E-state index in [1.54, 1.807) is 19.1 Å². The summed E-state index contributed by atoms with van der Waals surface area (Å²) in [4.78, 5) is 12.1. The lowest BCUT2D eigenvalue weighted by Crippen LogP contribution is -2.27. The number of nitriles is 1. The maximum absolute atomic E-state index is 12.1. The number of nitrogens with two attached hydrogens (primary N) is 1. The number of hydrogen-bond acceptors (Lipinski definition) is 4. The predicted molar refractivity (Wildman–Crippen MR) is 74.8 cm³/mol. The van der Waals surface area contributed by atoms with E-state index in [-0.39, 0.29) is 17.6 Å². The number of anilines is 1. The Kier molecular flexibility index (Phi) is 3.71. The fraction of sp³-hybridized carbons (Fsp3) is 0.214. The summed E-state index contributed by atoms with van der Waals surface area (Å²) in [7, 11) is 0. The Morgan fingerprint density at radius 3 is 2.60 bits per heavy atom. The number of carbonyl (C=O) groups is 1. The van der Waals surface area contributed by atoms with E-state index in [2.05, 4.69) is 21.6 Å². The van der Waals surface area contributed by atoms with Gasteiger partial charge in [0, 0.05) is 0 Å². The molecule has 0 fully saturated rings. The van der Waals surface area contributed by atoms with Gasteiger partial charge in [-0.25, -0.2) is 0 Å². The normalized spacial score (nSPS) is 11.7. The maximum Gasteiger partial charge on any atom is 0.274 e. The molecule has 0 saturated carbocycles. The molecule has 20 heavy (non-hydrogen) atoms. The Morgan fingerprint density at radius 2 is 2.10 bits per heavy atom. The van der Waals surface area contributed by atoms with E-state index in [1.165, 1.54) is 0 Å². The molecule has 6 nitrogen and oxygen atoms in total. The van der Waals surface area contributed by atoms with Crippen LogP contribution in [0.2, 0.25) is 0 Å². The van der Waals surface area contributed by atoms with E-state index in [0.29, 0.717) is 16.9 Å². The second-order valence-electron chi connectivity index (χ2n) is 4.54. The zero-order valence-corrected chi connectivity index (χ0v) is 11.3. The maximum atomic E-state index is 12.1. The third kappa shape index (κ3) is 2.62. The first-order valence-corrected chi connectivity index (χ1v) is 6.14. The highest BCUT2D eigenvalue weighted by Gasteiger charge is 2.17. The summed E-state index contributed by atoms with van der Waals surface area (Å²) in [5.74, 6) is -0.330. The number of rotatable bonds is 3. The molecular weight excluding hydrogens is 254 g/mol. The summed E-state index contributed by atoms with van der Waals surface area (Å²) >= 11 is 0. The van der Waals surface area contributed by atoms with Crippen LogP contribution >= 0.6 is 0 Å². The van der Waals surface area contributed by atoms with Crippen LogP contribution < -0.4 is 11.1 Å². The molecule has 0 radical (unpaired) electrons. The van der Waals surface area contributed by atoms with Crippen LogP contribution in [0.25, 0.3) is 0 Å². The SMILES string of the molecule is Cc1[nH]nc(C(=O)NC(C)c2ccc(C#N)cc2)c1N. The van der Waals surface area contributed by atoms with E-state index in [4.69, 9.17) is 11.0 Å². The minimum Gasteiger partial charge on any atom is -0.395 e. The number of nitrogen functional groups attached to an aromatic ring is 1. The van der Waals surface area contributed by atoms with Crippen LogP contribution in [0, 0.1) is 18.3 Å². The zero-order chi connectivity index (χ0) is 14.7. The standard InChI is InChI=1S/C14H15N5O/c1-8(11-5-3-10(7-15)4-6-11)17-14(20)13-12(16)9(2)18-19-13/h3-6,8H,16H2,1-2H3,(H,17,20)(H,18,19). The Morgan fingerprint density at radius 1 is 1.45 bits per heavy atom. The Hall–Kier alpha value is -2.81. The smallest absolute Gasteiger partial charge is 0.274 e. The molecule has 2 rings (SSSR count). The molecule has 0 bridgehead atoms. The molecule has 1 aromatic heterocycles. The predicted octanol–water partition coefficient (Wildman–Crippen LogP) is 1.66. The van der Waals surface area contributed by atoms with Gasteiger partial charge in [0.05, 0.1) is 29.1 Å². The van der Waals surface area contributed by atoms with Crippen LogP contribution in [-0.2, 0) is 0 Å². The Bertz CT molecular complexity index is 666. The summed E-state index contributed by atoms with van der Waals surface area (Å²) < 4.78 is 0. The fourth-order valence-corrected chi connectivity index (χ4v) is 1.81. The number of nitrogens with zero attached hydrogens (tertiary/aromatic N) is 2. The van der Waals surface area contributed by atoms with Crippen molar-refractivity contribution in [3.63, 3.8) is 0 Å². The van der Waals surface area contributed by atoms with Crippen molar-refractivity contribution >= 4 is 11.6 Å². The number of aromatic nitrogens is 2. The first kappa shape index (κ1) is 13.6. The van der Waals surface area contributed by atoms with Gasteiger partial charge in [0.15, 0.2) is 5.69 Å². The monoisotopic (exact) mass is 269 g/mol. The average molecular weight is 269 g/mol. The van der Waals surface area contributed by atoms with Crippen molar-refractivity contribution in [2.24, 2.45) is 0 Å². The molecule has 102 valence electrons. The number of benzene rings is 1. The van der Waals surface area contributed by atoms with Crippen molar-refractivity contribution in [2.75, 3.05) is 5.73 Å². The molecule has 1 unspecified atom stereocenters. The minimum atomic E-state index is -0.330. The molecule has 0 aliphatic heterocycles. The van der Waals surface area contributed by atoms with Gasteiger partial charge in [-0.3, -0.25) is 9.89 Å². The molecule has 0 aliphatic rings. The van der Waals surface area contributed by atoms with Crippen molar-refractivity contribution < 1.29 is 4.79 Å². The molecular formula is C14H15N5O. The lowest BCUT2D eigenvalue weighted by atomic mass is 10.1. The van der Waals surface area contributed by atoms with E-state index < -0.39 is 0 Å². The quantitative estimate of drug-likeness (QED) is 0.787. The molecule has 0 saturated heterocycles. The molecule has 2 aromatic rings. The summed E-state index contributed by atoms with van der Waals surface area (Å²) in [6.45, 7) is 3.61. The highest BCUT2D eigenvalue weighted by atomic mass is 16.2. The van der Waals surface area contributed by atoms with Crippen molar-refractivity contribution in [1.82, 2.24) is 15.5 Å². The van der Waals surface area contributed by atoms with Crippen LogP contribution in [0.5, 0.6) is 0 Å². The second-order valence-corrected chi connectivity index (χ2v) is 4.54. The number of aryl methyl sites for hydroxylation is 1. The van der Waals surface area contributed by atoms with Gasteiger partial charge in [-0.15, -0.1) is 0 Å². The van der Waals surface area contributed by atoms with Gasteiger partial charge in [-0.2, -0.15) is 10.4 Å². The number of nitrogens with one attached hydrogen (secondary N) is 2. The number of aromatic amines is 1. The van der Waals surface area contributed by atoms with Crippen molar-refractivity contribution in [1.29, 1.82) is 5.26 Å². The highest BCUT2D eigenvalue weighted by Crippen LogP contribution is 2.16. The van der Waals surface area contributed by atoms with E-state index in [0.717, 1.165) is 5.56 Å². The third-order valence-electron chi connectivity index (χ3n) is 3.10. The summed E-state index contributed by atoms with van der Waals surface area (Å²) in [6, 6.07) is 8.89. The number of H-pyrrole nitrogens is 1. The fourth-order valence-electron chi connectivity index (χ4n) is 1.81. The minimum absolute atomic E-state index is 0.197. The van der Waals surface area contributed by atoms with Crippen LogP contribution in [-0.4, -0.2) is 16.1 Å². The first-order chi connectivity index (χ1) is 9.52. The molecule has 1 atom stereocenters. The third-order valence-corrected chi connectivity index (χ3v) is 3.10.